The maximum absolute atomic E-state index is 11.7. The van der Waals surface area contributed by atoms with Crippen molar-refractivity contribution in [2.24, 2.45) is 11.1 Å². The molecule has 108 valence electrons. The number of carbonyl (C=O) groups excluding carboxylic acids is 1. The molecule has 1 fully saturated rings. The Bertz CT molecular complexity index is 638. The van der Waals surface area contributed by atoms with Crippen LogP contribution in [0.15, 0.2) is 29.2 Å². The van der Waals surface area contributed by atoms with Gasteiger partial charge in [0.05, 0.1) is 10.8 Å². The van der Waals surface area contributed by atoms with E-state index < -0.39 is 21.9 Å². The molecule has 0 bridgehead atoms. The molecule has 1 aromatic rings. The summed E-state index contributed by atoms with van der Waals surface area (Å²) in [5.41, 5.74) is 0.719. The van der Waals surface area contributed by atoms with E-state index in [9.17, 15) is 18.0 Å². The van der Waals surface area contributed by atoms with Crippen LogP contribution in [-0.2, 0) is 26.2 Å². The van der Waals surface area contributed by atoms with Crippen LogP contribution in [0.25, 0.3) is 0 Å². The lowest BCUT2D eigenvalue weighted by Crippen LogP contribution is -2.25. The van der Waals surface area contributed by atoms with Crippen molar-refractivity contribution in [1.82, 2.24) is 4.90 Å². The average molecular weight is 298 g/mol. The third kappa shape index (κ3) is 3.14. The SMILES string of the molecule is NS(=O)(=O)c1ccc(CN2C[C@@H](C(=O)O)CC2=O)cc1. The smallest absolute Gasteiger partial charge is 0.308 e. The van der Waals surface area contributed by atoms with Gasteiger partial charge in [0, 0.05) is 19.5 Å². The van der Waals surface area contributed by atoms with E-state index in [0.717, 1.165) is 5.56 Å². The van der Waals surface area contributed by atoms with Gasteiger partial charge in [-0.15, -0.1) is 0 Å². The standard InChI is InChI=1S/C12H14N2O5S/c13-20(18,19)10-3-1-8(2-4-10)6-14-7-9(12(16)17)5-11(14)15/h1-4,9H,5-7H2,(H,16,17)(H2,13,18,19)/t9-/m0/s1. The van der Waals surface area contributed by atoms with E-state index >= 15 is 0 Å². The van der Waals surface area contributed by atoms with Crippen molar-refractivity contribution in [3.05, 3.63) is 29.8 Å². The first kappa shape index (κ1) is 14.5. The lowest BCUT2D eigenvalue weighted by atomic mass is 10.1. The van der Waals surface area contributed by atoms with Gasteiger partial charge in [-0.25, -0.2) is 13.6 Å². The Labute approximate surface area is 116 Å². The van der Waals surface area contributed by atoms with Crippen LogP contribution in [0, 0.1) is 5.92 Å². The number of sulfonamides is 1. The summed E-state index contributed by atoms with van der Waals surface area (Å²) in [6, 6.07) is 5.84. The lowest BCUT2D eigenvalue weighted by molar-refractivity contribution is -0.141. The number of carbonyl (C=O) groups is 2. The summed E-state index contributed by atoms with van der Waals surface area (Å²) in [5, 5.41) is 13.9. The van der Waals surface area contributed by atoms with Gasteiger partial charge < -0.3 is 10.0 Å². The highest BCUT2D eigenvalue weighted by Crippen LogP contribution is 2.20. The molecule has 1 aliphatic rings. The molecule has 1 heterocycles. The maximum atomic E-state index is 11.7. The van der Waals surface area contributed by atoms with Crippen LogP contribution in [0.1, 0.15) is 12.0 Å². The van der Waals surface area contributed by atoms with Crippen molar-refractivity contribution in [2.75, 3.05) is 6.54 Å². The molecule has 0 aliphatic carbocycles. The van der Waals surface area contributed by atoms with E-state index in [1.54, 1.807) is 12.1 Å². The minimum Gasteiger partial charge on any atom is -0.481 e. The number of benzene rings is 1. The highest BCUT2D eigenvalue weighted by atomic mass is 32.2. The third-order valence-electron chi connectivity index (χ3n) is 3.19. The molecule has 8 heteroatoms. The molecular formula is C12H14N2O5S. The number of hydrogen-bond acceptors (Lipinski definition) is 4. The second kappa shape index (κ2) is 5.22. The van der Waals surface area contributed by atoms with Crippen molar-refractivity contribution >= 4 is 21.9 Å². The van der Waals surface area contributed by atoms with Crippen LogP contribution in [0.2, 0.25) is 0 Å². The van der Waals surface area contributed by atoms with Gasteiger partial charge in [-0.3, -0.25) is 9.59 Å². The largest absolute Gasteiger partial charge is 0.481 e. The van der Waals surface area contributed by atoms with Crippen LogP contribution in [-0.4, -0.2) is 36.8 Å². The molecule has 3 N–H and O–H groups in total. The van der Waals surface area contributed by atoms with Crippen molar-refractivity contribution in [3.63, 3.8) is 0 Å². The van der Waals surface area contributed by atoms with Crippen molar-refractivity contribution in [1.29, 1.82) is 0 Å². The molecule has 0 spiro atoms. The highest BCUT2D eigenvalue weighted by Gasteiger charge is 2.34. The fraction of sp³-hybridized carbons (Fsp3) is 0.333. The molecule has 1 amide bonds. The monoisotopic (exact) mass is 298 g/mol. The summed E-state index contributed by atoms with van der Waals surface area (Å²) in [5.74, 6) is -1.87. The van der Waals surface area contributed by atoms with E-state index in [4.69, 9.17) is 10.2 Å². The summed E-state index contributed by atoms with van der Waals surface area (Å²) in [6.07, 6.45) is 0.00456. The Kier molecular flexibility index (Phi) is 3.78. The first-order chi connectivity index (χ1) is 9.27. The van der Waals surface area contributed by atoms with Gasteiger partial charge in [0.15, 0.2) is 0 Å². The predicted octanol–water partition coefficient (Wildman–Crippen LogP) is -0.233. The van der Waals surface area contributed by atoms with Gasteiger partial charge in [0.1, 0.15) is 0 Å². The number of carboxylic acids is 1. The molecule has 0 radical (unpaired) electrons. The molecular weight excluding hydrogens is 284 g/mol. The Morgan fingerprint density at radius 1 is 1.35 bits per heavy atom. The third-order valence-corrected chi connectivity index (χ3v) is 4.12. The summed E-state index contributed by atoms with van der Waals surface area (Å²) < 4.78 is 22.2. The summed E-state index contributed by atoms with van der Waals surface area (Å²) >= 11 is 0. The second-order valence-electron chi connectivity index (χ2n) is 4.70. The number of hydrogen-bond donors (Lipinski definition) is 2. The molecule has 7 nitrogen and oxygen atoms in total. The zero-order valence-electron chi connectivity index (χ0n) is 10.5. The van der Waals surface area contributed by atoms with Gasteiger partial charge in [0.25, 0.3) is 0 Å². The van der Waals surface area contributed by atoms with Gasteiger partial charge in [-0.05, 0) is 17.7 Å². The van der Waals surface area contributed by atoms with E-state index in [1.165, 1.54) is 17.0 Å². The highest BCUT2D eigenvalue weighted by molar-refractivity contribution is 7.89. The fourth-order valence-electron chi connectivity index (χ4n) is 2.10. The van der Waals surface area contributed by atoms with Gasteiger partial charge in [0.2, 0.25) is 15.9 Å². The summed E-state index contributed by atoms with van der Waals surface area (Å²) in [6.45, 7) is 0.429. The molecule has 1 aliphatic heterocycles. The van der Waals surface area contributed by atoms with Crippen LogP contribution in [0.4, 0.5) is 0 Å². The van der Waals surface area contributed by atoms with Crippen LogP contribution < -0.4 is 5.14 Å². The van der Waals surface area contributed by atoms with Gasteiger partial charge in [-0.1, -0.05) is 12.1 Å². The van der Waals surface area contributed by atoms with E-state index in [1.807, 2.05) is 0 Å². The molecule has 0 aromatic heterocycles. The first-order valence-corrected chi connectivity index (χ1v) is 7.44. The summed E-state index contributed by atoms with van der Waals surface area (Å²) in [4.78, 5) is 24.0. The Balaban J connectivity index is 2.08. The zero-order chi connectivity index (χ0) is 14.9. The van der Waals surface area contributed by atoms with Crippen LogP contribution in [0.3, 0.4) is 0 Å². The number of aliphatic carboxylic acids is 1. The maximum Gasteiger partial charge on any atom is 0.308 e. The molecule has 2 rings (SSSR count). The minimum atomic E-state index is -3.74. The molecule has 1 atom stereocenters. The molecule has 0 saturated carbocycles. The van der Waals surface area contributed by atoms with E-state index in [2.05, 4.69) is 0 Å². The lowest BCUT2D eigenvalue weighted by Gasteiger charge is -2.16. The molecule has 1 aromatic carbocycles. The minimum absolute atomic E-state index is 0.00240. The number of nitrogens with two attached hydrogens (primary N) is 1. The number of amides is 1. The number of likely N-dealkylation sites (tertiary alicyclic amines) is 1. The second-order valence-corrected chi connectivity index (χ2v) is 6.26. The number of primary sulfonamides is 1. The van der Waals surface area contributed by atoms with E-state index in [-0.39, 0.29) is 30.3 Å². The van der Waals surface area contributed by atoms with Gasteiger partial charge in [-0.2, -0.15) is 0 Å². The number of carboxylic acid groups (broad SMARTS) is 1. The van der Waals surface area contributed by atoms with Crippen molar-refractivity contribution in [3.8, 4) is 0 Å². The Hall–Kier alpha value is -1.93. The van der Waals surface area contributed by atoms with Crippen molar-refractivity contribution in [2.45, 2.75) is 17.9 Å². The normalized spacial score (nSPS) is 19.4. The molecule has 20 heavy (non-hydrogen) atoms. The summed E-state index contributed by atoms with van der Waals surface area (Å²) in [7, 11) is -3.74. The number of nitrogens with zero attached hydrogens (tertiary/aromatic N) is 1. The fourth-order valence-corrected chi connectivity index (χ4v) is 2.61. The average Bonchev–Trinajstić information content (AvgIpc) is 2.71. The van der Waals surface area contributed by atoms with Crippen molar-refractivity contribution < 1.29 is 23.1 Å². The van der Waals surface area contributed by atoms with E-state index in [0.29, 0.717) is 0 Å². The molecule has 0 unspecified atom stereocenters. The predicted molar refractivity (Wildman–Crippen MR) is 69.0 cm³/mol. The quantitative estimate of drug-likeness (QED) is 0.796. The molecule has 1 saturated heterocycles. The Morgan fingerprint density at radius 3 is 2.40 bits per heavy atom. The number of rotatable bonds is 4. The Morgan fingerprint density at radius 2 is 1.95 bits per heavy atom. The first-order valence-electron chi connectivity index (χ1n) is 5.89. The van der Waals surface area contributed by atoms with Crippen LogP contribution >= 0.6 is 0 Å². The zero-order valence-corrected chi connectivity index (χ0v) is 11.3. The topological polar surface area (TPSA) is 118 Å². The van der Waals surface area contributed by atoms with Gasteiger partial charge >= 0.3 is 5.97 Å². The van der Waals surface area contributed by atoms with Crippen LogP contribution in [0.5, 0.6) is 0 Å².